The van der Waals surface area contributed by atoms with E-state index >= 15 is 0 Å². The van der Waals surface area contributed by atoms with Crippen LogP contribution in [0.1, 0.15) is 27.9 Å². The molecule has 31 heavy (non-hydrogen) atoms. The third-order valence-electron chi connectivity index (χ3n) is 5.25. The zero-order valence-corrected chi connectivity index (χ0v) is 18.1. The normalized spacial score (nSPS) is 13.4. The molecule has 160 valence electrons. The molecule has 0 aromatic heterocycles. The van der Waals surface area contributed by atoms with Crippen LogP contribution < -0.4 is 14.4 Å². The number of hydrogen-bond donors (Lipinski definition) is 1. The molecule has 4 rings (SSSR count). The fraction of sp³-hybridized carbons (Fsp3) is 0.208. The van der Waals surface area contributed by atoms with Gasteiger partial charge in [-0.2, -0.15) is 0 Å². The average Bonchev–Trinajstić information content (AvgIpc) is 2.78. The first-order chi connectivity index (χ1) is 14.9. The summed E-state index contributed by atoms with van der Waals surface area (Å²) in [6.45, 7) is 0.642. The van der Waals surface area contributed by atoms with Crippen LogP contribution in [-0.4, -0.2) is 28.0 Å². The highest BCUT2D eigenvalue weighted by atomic mass is 32.2. The van der Waals surface area contributed by atoms with E-state index in [0.29, 0.717) is 29.1 Å². The lowest BCUT2D eigenvalue weighted by Gasteiger charge is -2.30. The van der Waals surface area contributed by atoms with Gasteiger partial charge in [-0.3, -0.25) is 9.52 Å². The van der Waals surface area contributed by atoms with Crippen molar-refractivity contribution in [2.75, 3.05) is 23.3 Å². The van der Waals surface area contributed by atoms with Crippen molar-refractivity contribution in [2.24, 2.45) is 0 Å². The van der Waals surface area contributed by atoms with Crippen LogP contribution in [-0.2, 0) is 22.2 Å². The van der Waals surface area contributed by atoms with Gasteiger partial charge in [0, 0.05) is 23.5 Å². The van der Waals surface area contributed by atoms with Crippen molar-refractivity contribution in [1.82, 2.24) is 0 Å². The number of rotatable bonds is 6. The predicted molar refractivity (Wildman–Crippen MR) is 122 cm³/mol. The highest BCUT2D eigenvalue weighted by molar-refractivity contribution is 7.91. The first-order valence-corrected chi connectivity index (χ1v) is 11.7. The molecular weight excluding hydrogens is 412 g/mol. The summed E-state index contributed by atoms with van der Waals surface area (Å²) in [6.07, 6.45) is 1.62. The number of carbonyl (C=O) groups excluding carboxylic acids is 1. The van der Waals surface area contributed by atoms with E-state index in [0.717, 1.165) is 24.1 Å². The van der Waals surface area contributed by atoms with Gasteiger partial charge >= 0.3 is 0 Å². The Morgan fingerprint density at radius 3 is 2.48 bits per heavy atom. The van der Waals surface area contributed by atoms with Crippen molar-refractivity contribution in [2.45, 2.75) is 18.6 Å². The van der Waals surface area contributed by atoms with Crippen LogP contribution in [0.5, 0.6) is 5.75 Å². The maximum absolute atomic E-state index is 12.9. The van der Waals surface area contributed by atoms with Crippen LogP contribution in [0.2, 0.25) is 0 Å². The summed E-state index contributed by atoms with van der Waals surface area (Å²) in [5.74, 6) is 0.500. The molecule has 1 amide bonds. The van der Waals surface area contributed by atoms with E-state index < -0.39 is 10.0 Å². The Morgan fingerprint density at radius 1 is 1.03 bits per heavy atom. The van der Waals surface area contributed by atoms with Gasteiger partial charge in [0.25, 0.3) is 5.91 Å². The fourth-order valence-corrected chi connectivity index (χ4v) is 4.95. The minimum absolute atomic E-state index is 0.0469. The third kappa shape index (κ3) is 4.88. The quantitative estimate of drug-likeness (QED) is 0.627. The number of amides is 1. The van der Waals surface area contributed by atoms with Gasteiger partial charge in [-0.25, -0.2) is 8.42 Å². The van der Waals surface area contributed by atoms with Crippen LogP contribution in [0, 0.1) is 0 Å². The van der Waals surface area contributed by atoms with Crippen LogP contribution >= 0.6 is 0 Å². The minimum Gasteiger partial charge on any atom is -0.497 e. The van der Waals surface area contributed by atoms with Crippen LogP contribution in [0.4, 0.5) is 11.4 Å². The lowest BCUT2D eigenvalue weighted by Crippen LogP contribution is -2.35. The number of aryl methyl sites for hydroxylation is 1. The summed E-state index contributed by atoms with van der Waals surface area (Å²) in [6, 6.07) is 21.5. The molecular formula is C24H24N2O4S. The summed E-state index contributed by atoms with van der Waals surface area (Å²) in [7, 11) is -2.01. The van der Waals surface area contributed by atoms with E-state index in [4.69, 9.17) is 4.74 Å². The van der Waals surface area contributed by atoms with Crippen molar-refractivity contribution in [3.8, 4) is 5.75 Å². The number of benzene rings is 3. The molecule has 0 spiro atoms. The summed E-state index contributed by atoms with van der Waals surface area (Å²) in [4.78, 5) is 14.7. The van der Waals surface area contributed by atoms with Gasteiger partial charge in [0.15, 0.2) is 0 Å². The standard InChI is InChI=1S/C24H24N2O4S/c1-30-22-12-9-18(10-13-22)17-31(28,29)25-21-11-14-23-20(16-21)8-5-15-26(23)24(27)19-6-3-2-4-7-19/h2-4,6-7,9-14,16,25H,5,8,15,17H2,1H3. The second-order valence-electron chi connectivity index (χ2n) is 7.48. The van der Waals surface area contributed by atoms with Gasteiger partial charge < -0.3 is 9.64 Å². The zero-order valence-electron chi connectivity index (χ0n) is 17.2. The SMILES string of the molecule is COc1ccc(CS(=O)(=O)Nc2ccc3c(c2)CCCN3C(=O)c2ccccc2)cc1. The van der Waals surface area contributed by atoms with Gasteiger partial charge in [-0.05, 0) is 66.4 Å². The van der Waals surface area contributed by atoms with E-state index in [1.165, 1.54) is 0 Å². The van der Waals surface area contributed by atoms with E-state index in [-0.39, 0.29) is 11.7 Å². The second-order valence-corrected chi connectivity index (χ2v) is 9.20. The molecule has 0 fully saturated rings. The Bertz CT molecular complexity index is 1180. The molecule has 0 atom stereocenters. The Balaban J connectivity index is 1.51. The first kappa shape index (κ1) is 20.9. The fourth-order valence-electron chi connectivity index (χ4n) is 3.76. The zero-order chi connectivity index (χ0) is 21.8. The summed E-state index contributed by atoms with van der Waals surface area (Å²) < 4.78 is 33.1. The Hall–Kier alpha value is -3.32. The highest BCUT2D eigenvalue weighted by Crippen LogP contribution is 2.31. The molecule has 7 heteroatoms. The molecule has 3 aromatic carbocycles. The molecule has 0 saturated carbocycles. The number of carbonyl (C=O) groups is 1. The average molecular weight is 437 g/mol. The number of hydrogen-bond acceptors (Lipinski definition) is 4. The molecule has 0 radical (unpaired) electrons. The van der Waals surface area contributed by atoms with Crippen LogP contribution in [0.25, 0.3) is 0 Å². The molecule has 1 aliphatic heterocycles. The Labute approximate surface area is 182 Å². The molecule has 0 unspecified atom stereocenters. The highest BCUT2D eigenvalue weighted by Gasteiger charge is 2.24. The molecule has 1 N–H and O–H groups in total. The molecule has 1 aliphatic rings. The van der Waals surface area contributed by atoms with Gasteiger partial charge in [-0.15, -0.1) is 0 Å². The molecule has 6 nitrogen and oxygen atoms in total. The Kier molecular flexibility index (Phi) is 5.95. The number of nitrogens with one attached hydrogen (secondary N) is 1. The topological polar surface area (TPSA) is 75.7 Å². The minimum atomic E-state index is -3.58. The van der Waals surface area contributed by atoms with Crippen molar-refractivity contribution in [3.05, 3.63) is 89.5 Å². The molecule has 0 saturated heterocycles. The van der Waals surface area contributed by atoms with Crippen molar-refractivity contribution in [3.63, 3.8) is 0 Å². The molecule has 1 heterocycles. The largest absolute Gasteiger partial charge is 0.497 e. The smallest absolute Gasteiger partial charge is 0.258 e. The number of methoxy groups -OCH3 is 1. The van der Waals surface area contributed by atoms with Gasteiger partial charge in [0.2, 0.25) is 10.0 Å². The number of ether oxygens (including phenoxy) is 1. The van der Waals surface area contributed by atoms with E-state index in [9.17, 15) is 13.2 Å². The Morgan fingerprint density at radius 2 is 1.77 bits per heavy atom. The van der Waals surface area contributed by atoms with E-state index in [1.54, 1.807) is 54.5 Å². The summed E-state index contributed by atoms with van der Waals surface area (Å²) in [5, 5.41) is 0. The lowest BCUT2D eigenvalue weighted by molar-refractivity contribution is 0.0985. The van der Waals surface area contributed by atoms with E-state index in [1.807, 2.05) is 30.3 Å². The second kappa shape index (κ2) is 8.81. The van der Waals surface area contributed by atoms with Crippen molar-refractivity contribution in [1.29, 1.82) is 0 Å². The number of sulfonamides is 1. The van der Waals surface area contributed by atoms with Gasteiger partial charge in [-0.1, -0.05) is 30.3 Å². The lowest BCUT2D eigenvalue weighted by atomic mass is 10.00. The molecule has 3 aromatic rings. The summed E-state index contributed by atoms with van der Waals surface area (Å²) in [5.41, 5.74) is 3.60. The van der Waals surface area contributed by atoms with Crippen molar-refractivity contribution < 1.29 is 17.9 Å². The predicted octanol–water partition coefficient (Wildman–Crippen LogP) is 4.23. The first-order valence-electron chi connectivity index (χ1n) is 10.1. The maximum atomic E-state index is 12.9. The maximum Gasteiger partial charge on any atom is 0.258 e. The number of fused-ring (bicyclic) bond motifs is 1. The third-order valence-corrected chi connectivity index (χ3v) is 6.51. The summed E-state index contributed by atoms with van der Waals surface area (Å²) >= 11 is 0. The van der Waals surface area contributed by atoms with E-state index in [2.05, 4.69) is 4.72 Å². The number of nitrogens with zero attached hydrogens (tertiary/aromatic N) is 1. The monoisotopic (exact) mass is 436 g/mol. The van der Waals surface area contributed by atoms with Crippen molar-refractivity contribution >= 4 is 27.3 Å². The van der Waals surface area contributed by atoms with Crippen LogP contribution in [0.15, 0.2) is 72.8 Å². The molecule has 0 bridgehead atoms. The van der Waals surface area contributed by atoms with Gasteiger partial charge in [0.05, 0.1) is 12.9 Å². The van der Waals surface area contributed by atoms with Gasteiger partial charge in [0.1, 0.15) is 5.75 Å². The molecule has 0 aliphatic carbocycles. The van der Waals surface area contributed by atoms with Crippen LogP contribution in [0.3, 0.4) is 0 Å². The number of anilines is 2.